The highest BCUT2D eigenvalue weighted by molar-refractivity contribution is 5.94. The maximum absolute atomic E-state index is 12.6. The van der Waals surface area contributed by atoms with E-state index in [1.165, 1.54) is 0 Å². The summed E-state index contributed by atoms with van der Waals surface area (Å²) in [7, 11) is 0. The number of carbonyl (C=O) groups is 1. The van der Waals surface area contributed by atoms with E-state index in [-0.39, 0.29) is 30.3 Å². The Kier molecular flexibility index (Phi) is 6.85. The lowest BCUT2D eigenvalue weighted by atomic mass is 9.85. The van der Waals surface area contributed by atoms with Crippen LogP contribution in [0.25, 0.3) is 0 Å². The van der Waals surface area contributed by atoms with Gasteiger partial charge in [0.05, 0.1) is 5.69 Å². The van der Waals surface area contributed by atoms with Gasteiger partial charge in [0.25, 0.3) is 0 Å². The van der Waals surface area contributed by atoms with Crippen molar-refractivity contribution in [2.75, 3.05) is 5.32 Å². The van der Waals surface area contributed by atoms with Crippen molar-refractivity contribution in [1.82, 2.24) is 0 Å². The van der Waals surface area contributed by atoms with Crippen LogP contribution in [0.2, 0.25) is 0 Å². The predicted octanol–water partition coefficient (Wildman–Crippen LogP) is 4.67. The van der Waals surface area contributed by atoms with Crippen molar-refractivity contribution in [2.45, 2.75) is 38.6 Å². The minimum atomic E-state index is -0.0150. The van der Waals surface area contributed by atoms with Gasteiger partial charge in [-0.1, -0.05) is 30.7 Å². The number of ether oxygens (including phenoxy) is 1. The van der Waals surface area contributed by atoms with Crippen molar-refractivity contribution in [2.24, 2.45) is 11.7 Å². The lowest BCUT2D eigenvalue weighted by molar-refractivity contribution is -0.120. The zero-order valence-electron chi connectivity index (χ0n) is 14.4. The van der Waals surface area contributed by atoms with Gasteiger partial charge in [-0.25, -0.2) is 0 Å². The summed E-state index contributed by atoms with van der Waals surface area (Å²) in [5, 5.41) is 3.04. The SMILES string of the molecule is Cc1ccc(Oc2ccccc2)c(NC(=O)C2CCCC(N)C2)c1.Cl. The van der Waals surface area contributed by atoms with E-state index < -0.39 is 0 Å². The van der Waals surface area contributed by atoms with E-state index in [1.807, 2.05) is 55.5 Å². The van der Waals surface area contributed by atoms with Gasteiger partial charge in [-0.3, -0.25) is 4.79 Å². The van der Waals surface area contributed by atoms with Gasteiger partial charge >= 0.3 is 0 Å². The molecule has 3 N–H and O–H groups in total. The topological polar surface area (TPSA) is 64.3 Å². The summed E-state index contributed by atoms with van der Waals surface area (Å²) in [6.07, 6.45) is 3.68. The van der Waals surface area contributed by atoms with E-state index in [9.17, 15) is 4.79 Å². The van der Waals surface area contributed by atoms with E-state index in [4.69, 9.17) is 10.5 Å². The van der Waals surface area contributed by atoms with E-state index in [0.717, 1.165) is 37.0 Å². The first-order chi connectivity index (χ1) is 11.6. The molecule has 0 aliphatic heterocycles. The van der Waals surface area contributed by atoms with Gasteiger partial charge in [0.15, 0.2) is 5.75 Å². The van der Waals surface area contributed by atoms with Crippen LogP contribution >= 0.6 is 12.4 Å². The normalized spacial score (nSPS) is 19.6. The van der Waals surface area contributed by atoms with Crippen LogP contribution in [0.1, 0.15) is 31.2 Å². The third-order valence-electron chi connectivity index (χ3n) is 4.45. The van der Waals surface area contributed by atoms with Crippen LogP contribution in [0.3, 0.4) is 0 Å². The van der Waals surface area contributed by atoms with Crippen molar-refractivity contribution in [1.29, 1.82) is 0 Å². The van der Waals surface area contributed by atoms with Crippen LogP contribution in [0.4, 0.5) is 5.69 Å². The maximum atomic E-state index is 12.6. The second-order valence-electron chi connectivity index (χ2n) is 6.53. The monoisotopic (exact) mass is 360 g/mol. The number of hydrogen-bond acceptors (Lipinski definition) is 3. The molecule has 134 valence electrons. The lowest BCUT2D eigenvalue weighted by Crippen LogP contribution is -2.34. The Morgan fingerprint density at radius 1 is 1.16 bits per heavy atom. The largest absolute Gasteiger partial charge is 0.455 e. The van der Waals surface area contributed by atoms with Gasteiger partial charge in [-0.2, -0.15) is 0 Å². The molecule has 2 aromatic carbocycles. The Morgan fingerprint density at radius 2 is 1.92 bits per heavy atom. The molecule has 1 saturated carbocycles. The fraction of sp³-hybridized carbons (Fsp3) is 0.350. The smallest absolute Gasteiger partial charge is 0.227 e. The van der Waals surface area contributed by atoms with Crippen molar-refractivity contribution in [3.05, 3.63) is 54.1 Å². The number of anilines is 1. The fourth-order valence-electron chi connectivity index (χ4n) is 3.15. The predicted molar refractivity (Wildman–Crippen MR) is 104 cm³/mol. The van der Waals surface area contributed by atoms with Crippen LogP contribution in [-0.2, 0) is 4.79 Å². The third kappa shape index (κ3) is 5.21. The molecule has 5 heteroatoms. The summed E-state index contributed by atoms with van der Waals surface area (Å²) in [6, 6.07) is 15.5. The van der Waals surface area contributed by atoms with Crippen LogP contribution in [0, 0.1) is 12.8 Å². The van der Waals surface area contributed by atoms with E-state index in [0.29, 0.717) is 11.4 Å². The number of halogens is 1. The Hall–Kier alpha value is -2.04. The number of benzene rings is 2. The maximum Gasteiger partial charge on any atom is 0.227 e. The highest BCUT2D eigenvalue weighted by atomic mass is 35.5. The molecule has 0 aromatic heterocycles. The molecule has 1 amide bonds. The number of rotatable bonds is 4. The molecule has 4 nitrogen and oxygen atoms in total. The average Bonchev–Trinajstić information content (AvgIpc) is 2.58. The second kappa shape index (κ2) is 8.88. The molecule has 0 spiro atoms. The molecular formula is C20H25ClN2O2. The Labute approximate surface area is 155 Å². The lowest BCUT2D eigenvalue weighted by Gasteiger charge is -2.26. The molecule has 2 aromatic rings. The molecule has 0 saturated heterocycles. The Bertz CT molecular complexity index is 706. The number of nitrogens with two attached hydrogens (primary N) is 1. The van der Waals surface area contributed by atoms with E-state index in [2.05, 4.69) is 5.32 Å². The minimum absolute atomic E-state index is 0. The van der Waals surface area contributed by atoms with Gasteiger partial charge in [-0.15, -0.1) is 12.4 Å². The van der Waals surface area contributed by atoms with Gasteiger partial charge in [0.1, 0.15) is 5.75 Å². The van der Waals surface area contributed by atoms with Gasteiger partial charge in [0, 0.05) is 12.0 Å². The molecule has 0 radical (unpaired) electrons. The number of hydrogen-bond donors (Lipinski definition) is 2. The molecule has 0 heterocycles. The minimum Gasteiger partial charge on any atom is -0.455 e. The molecule has 3 rings (SSSR count). The molecule has 2 unspecified atom stereocenters. The zero-order chi connectivity index (χ0) is 16.9. The van der Waals surface area contributed by atoms with Crippen molar-refractivity contribution < 1.29 is 9.53 Å². The van der Waals surface area contributed by atoms with Crippen LogP contribution in [-0.4, -0.2) is 11.9 Å². The highest BCUT2D eigenvalue weighted by Crippen LogP contribution is 2.32. The van der Waals surface area contributed by atoms with Crippen LogP contribution in [0.15, 0.2) is 48.5 Å². The summed E-state index contributed by atoms with van der Waals surface area (Å²) in [4.78, 5) is 12.6. The summed E-state index contributed by atoms with van der Waals surface area (Å²) in [5.41, 5.74) is 7.79. The summed E-state index contributed by atoms with van der Waals surface area (Å²) in [5.74, 6) is 1.42. The molecule has 2 atom stereocenters. The zero-order valence-corrected chi connectivity index (χ0v) is 15.2. The average molecular weight is 361 g/mol. The Balaban J connectivity index is 0.00000225. The highest BCUT2D eigenvalue weighted by Gasteiger charge is 2.26. The second-order valence-corrected chi connectivity index (χ2v) is 6.53. The molecule has 1 aliphatic carbocycles. The van der Waals surface area contributed by atoms with Crippen molar-refractivity contribution >= 4 is 24.0 Å². The van der Waals surface area contributed by atoms with Crippen LogP contribution < -0.4 is 15.8 Å². The quantitative estimate of drug-likeness (QED) is 0.833. The molecule has 25 heavy (non-hydrogen) atoms. The van der Waals surface area contributed by atoms with E-state index >= 15 is 0 Å². The number of amides is 1. The van der Waals surface area contributed by atoms with Gasteiger partial charge in [0.2, 0.25) is 5.91 Å². The van der Waals surface area contributed by atoms with E-state index in [1.54, 1.807) is 0 Å². The van der Waals surface area contributed by atoms with Crippen LogP contribution in [0.5, 0.6) is 11.5 Å². The Morgan fingerprint density at radius 3 is 2.64 bits per heavy atom. The first kappa shape index (κ1) is 19.3. The van der Waals surface area contributed by atoms with Gasteiger partial charge < -0.3 is 15.8 Å². The van der Waals surface area contributed by atoms with Crippen molar-refractivity contribution in [3.8, 4) is 11.5 Å². The first-order valence-electron chi connectivity index (χ1n) is 8.52. The molecule has 1 fully saturated rings. The molecule has 1 aliphatic rings. The standard InChI is InChI=1S/C20H24N2O2.ClH/c1-14-10-11-19(24-17-8-3-2-4-9-17)18(12-14)22-20(23)15-6-5-7-16(21)13-15;/h2-4,8-12,15-16H,5-7,13,21H2,1H3,(H,22,23);1H. The number of aryl methyl sites for hydroxylation is 1. The van der Waals surface area contributed by atoms with Crippen molar-refractivity contribution in [3.63, 3.8) is 0 Å². The van der Waals surface area contributed by atoms with Gasteiger partial charge in [-0.05, 0) is 56.0 Å². The number of para-hydroxylation sites is 1. The summed E-state index contributed by atoms with van der Waals surface area (Å²) >= 11 is 0. The third-order valence-corrected chi connectivity index (χ3v) is 4.45. The number of carbonyl (C=O) groups excluding carboxylic acids is 1. The fourth-order valence-corrected chi connectivity index (χ4v) is 3.15. The first-order valence-corrected chi connectivity index (χ1v) is 8.52. The number of nitrogens with one attached hydrogen (secondary N) is 1. The summed E-state index contributed by atoms with van der Waals surface area (Å²) < 4.78 is 5.93. The molecule has 0 bridgehead atoms. The molecular weight excluding hydrogens is 336 g/mol. The summed E-state index contributed by atoms with van der Waals surface area (Å²) in [6.45, 7) is 2.00.